The van der Waals surface area contributed by atoms with Crippen molar-refractivity contribution in [1.29, 1.82) is 0 Å². The highest BCUT2D eigenvalue weighted by Crippen LogP contribution is 2.29. The van der Waals surface area contributed by atoms with Gasteiger partial charge in [-0.2, -0.15) is 0 Å². The lowest BCUT2D eigenvalue weighted by Gasteiger charge is -2.18. The zero-order chi connectivity index (χ0) is 18.8. The number of anilines is 1. The van der Waals surface area contributed by atoms with Gasteiger partial charge in [0.15, 0.2) is 0 Å². The quantitative estimate of drug-likeness (QED) is 0.520. The Hall–Kier alpha value is -3.05. The van der Waals surface area contributed by atoms with Gasteiger partial charge in [0.2, 0.25) is 0 Å². The first-order valence-corrected chi connectivity index (χ1v) is 9.12. The van der Waals surface area contributed by atoms with Gasteiger partial charge in [-0.3, -0.25) is 9.69 Å². The highest BCUT2D eigenvalue weighted by atomic mass is 79.9. The lowest BCUT2D eigenvalue weighted by molar-refractivity contribution is -0.113. The highest BCUT2D eigenvalue weighted by Gasteiger charge is 2.32. The highest BCUT2D eigenvalue weighted by molar-refractivity contribution is 9.10. The minimum atomic E-state index is -0.335. The van der Waals surface area contributed by atoms with Crippen molar-refractivity contribution >= 4 is 39.4 Å². The van der Waals surface area contributed by atoms with Crippen molar-refractivity contribution in [3.63, 3.8) is 0 Å². The molecule has 0 fully saturated rings. The van der Waals surface area contributed by atoms with Crippen LogP contribution in [-0.4, -0.2) is 11.7 Å². The van der Waals surface area contributed by atoms with Gasteiger partial charge in [0.25, 0.3) is 5.91 Å². The molecule has 3 nitrogen and oxygen atoms in total. The Kier molecular flexibility index (Phi) is 4.69. The number of carbonyl (C=O) groups excluding carboxylic acids is 1. The molecule has 4 rings (SSSR count). The molecule has 5 heteroatoms. The van der Waals surface area contributed by atoms with Crippen molar-refractivity contribution < 1.29 is 9.18 Å². The van der Waals surface area contributed by atoms with Gasteiger partial charge in [-0.15, -0.1) is 0 Å². The molecule has 0 saturated carbocycles. The number of hydrogen-bond donors (Lipinski definition) is 0. The Morgan fingerprint density at radius 1 is 0.926 bits per heavy atom. The van der Waals surface area contributed by atoms with Crippen LogP contribution in [-0.2, 0) is 4.79 Å². The maximum Gasteiger partial charge on any atom is 0.282 e. The summed E-state index contributed by atoms with van der Waals surface area (Å²) in [6.45, 7) is 0. The number of halogens is 2. The summed E-state index contributed by atoms with van der Waals surface area (Å²) in [5.41, 5.74) is 2.58. The van der Waals surface area contributed by atoms with Crippen LogP contribution in [0.25, 0.3) is 6.08 Å². The average molecular weight is 421 g/mol. The summed E-state index contributed by atoms with van der Waals surface area (Å²) in [4.78, 5) is 19.2. The molecule has 0 bridgehead atoms. The fraction of sp³-hybridized carbons (Fsp3) is 0. The second-order valence-electron chi connectivity index (χ2n) is 6.00. The monoisotopic (exact) mass is 420 g/mol. The van der Waals surface area contributed by atoms with Crippen LogP contribution in [0.3, 0.4) is 0 Å². The lowest BCUT2D eigenvalue weighted by Crippen LogP contribution is -2.32. The van der Waals surface area contributed by atoms with Crippen LogP contribution in [0.2, 0.25) is 0 Å². The fourth-order valence-corrected chi connectivity index (χ4v) is 3.26. The standard InChI is InChI=1S/C22H14BrFN2O/c23-17-7-4-8-19(14-17)26-21(16-9-11-18(24)12-10-16)25-20(22(26)27)13-15-5-2-1-3-6-15/h1-14H/b20-13+. The van der Waals surface area contributed by atoms with E-state index in [9.17, 15) is 9.18 Å². The van der Waals surface area contributed by atoms with Crippen LogP contribution in [0.5, 0.6) is 0 Å². The Balaban J connectivity index is 1.84. The summed E-state index contributed by atoms with van der Waals surface area (Å²) < 4.78 is 14.2. The van der Waals surface area contributed by atoms with Gasteiger partial charge in [-0.05, 0) is 54.1 Å². The molecule has 1 heterocycles. The summed E-state index contributed by atoms with van der Waals surface area (Å²) in [6.07, 6.45) is 1.75. The number of amidine groups is 1. The van der Waals surface area contributed by atoms with Crippen molar-refractivity contribution in [2.75, 3.05) is 4.90 Å². The van der Waals surface area contributed by atoms with Crippen LogP contribution in [0.1, 0.15) is 11.1 Å². The van der Waals surface area contributed by atoms with Crippen molar-refractivity contribution in [1.82, 2.24) is 0 Å². The van der Waals surface area contributed by atoms with Crippen LogP contribution in [0, 0.1) is 5.82 Å². The summed E-state index contributed by atoms with van der Waals surface area (Å²) in [6, 6.07) is 23.0. The van der Waals surface area contributed by atoms with E-state index in [0.717, 1.165) is 10.0 Å². The summed E-state index contributed by atoms with van der Waals surface area (Å²) in [7, 11) is 0. The molecule has 1 aliphatic rings. The van der Waals surface area contributed by atoms with E-state index in [1.54, 1.807) is 23.1 Å². The molecule has 3 aromatic rings. The number of benzene rings is 3. The largest absolute Gasteiger partial charge is 0.282 e. The van der Waals surface area contributed by atoms with E-state index in [4.69, 9.17) is 0 Å². The molecule has 3 aromatic carbocycles. The predicted molar refractivity (Wildman–Crippen MR) is 109 cm³/mol. The van der Waals surface area contributed by atoms with E-state index in [1.165, 1.54) is 12.1 Å². The molecule has 0 radical (unpaired) electrons. The first kappa shape index (κ1) is 17.4. The number of carbonyl (C=O) groups is 1. The number of aliphatic imine (C=N–C) groups is 1. The Labute approximate surface area is 164 Å². The topological polar surface area (TPSA) is 32.7 Å². The van der Waals surface area contributed by atoms with Gasteiger partial charge in [-0.25, -0.2) is 9.38 Å². The van der Waals surface area contributed by atoms with Gasteiger partial charge in [0, 0.05) is 10.0 Å². The van der Waals surface area contributed by atoms with E-state index < -0.39 is 0 Å². The van der Waals surface area contributed by atoms with Gasteiger partial charge in [0.05, 0.1) is 5.69 Å². The van der Waals surface area contributed by atoms with Crippen LogP contribution in [0.4, 0.5) is 10.1 Å². The molecule has 0 spiro atoms. The summed E-state index contributed by atoms with van der Waals surface area (Å²) in [5, 5.41) is 0. The minimum Gasteiger partial charge on any atom is -0.266 e. The SMILES string of the molecule is O=C1/C(=C\c2ccccc2)N=C(c2ccc(F)cc2)N1c1cccc(Br)c1. The van der Waals surface area contributed by atoms with E-state index in [2.05, 4.69) is 20.9 Å². The number of rotatable bonds is 3. The smallest absolute Gasteiger partial charge is 0.266 e. The average Bonchev–Trinajstić information content (AvgIpc) is 2.99. The minimum absolute atomic E-state index is 0.226. The molecule has 0 N–H and O–H groups in total. The second-order valence-corrected chi connectivity index (χ2v) is 6.92. The second kappa shape index (κ2) is 7.29. The molecular weight excluding hydrogens is 407 g/mol. The molecule has 0 atom stereocenters. The molecule has 1 amide bonds. The van der Waals surface area contributed by atoms with Crippen LogP contribution in [0.15, 0.2) is 94.0 Å². The fourth-order valence-electron chi connectivity index (χ4n) is 2.87. The zero-order valence-corrected chi connectivity index (χ0v) is 15.7. The van der Waals surface area contributed by atoms with E-state index in [1.807, 2.05) is 54.6 Å². The zero-order valence-electron chi connectivity index (χ0n) is 14.1. The lowest BCUT2D eigenvalue weighted by atomic mass is 10.1. The van der Waals surface area contributed by atoms with Crippen molar-refractivity contribution in [2.45, 2.75) is 0 Å². The molecule has 27 heavy (non-hydrogen) atoms. The number of nitrogens with zero attached hydrogens (tertiary/aromatic N) is 2. The first-order valence-electron chi connectivity index (χ1n) is 8.33. The Morgan fingerprint density at radius 2 is 1.67 bits per heavy atom. The third-order valence-corrected chi connectivity index (χ3v) is 4.63. The predicted octanol–water partition coefficient (Wildman–Crippen LogP) is 5.42. The molecule has 0 aliphatic carbocycles. The van der Waals surface area contributed by atoms with Gasteiger partial charge < -0.3 is 0 Å². The van der Waals surface area contributed by atoms with Crippen molar-refractivity contribution in [3.8, 4) is 0 Å². The molecule has 0 aromatic heterocycles. The van der Waals surface area contributed by atoms with Gasteiger partial charge in [-0.1, -0.05) is 52.3 Å². The number of amides is 1. The molecule has 0 unspecified atom stereocenters. The Bertz CT molecular complexity index is 1060. The number of hydrogen-bond acceptors (Lipinski definition) is 2. The molecular formula is C22H14BrFN2O. The molecule has 0 saturated heterocycles. The maximum atomic E-state index is 13.3. The van der Waals surface area contributed by atoms with Gasteiger partial charge in [0.1, 0.15) is 17.3 Å². The third kappa shape index (κ3) is 3.59. The van der Waals surface area contributed by atoms with Crippen LogP contribution < -0.4 is 4.90 Å². The van der Waals surface area contributed by atoms with E-state index in [0.29, 0.717) is 22.8 Å². The summed E-state index contributed by atoms with van der Waals surface area (Å²) >= 11 is 3.44. The molecule has 1 aliphatic heterocycles. The van der Waals surface area contributed by atoms with Gasteiger partial charge >= 0.3 is 0 Å². The van der Waals surface area contributed by atoms with Crippen LogP contribution >= 0.6 is 15.9 Å². The van der Waals surface area contributed by atoms with Crippen molar-refractivity contribution in [3.05, 3.63) is 106 Å². The Morgan fingerprint density at radius 3 is 2.37 bits per heavy atom. The van der Waals surface area contributed by atoms with Crippen molar-refractivity contribution in [2.24, 2.45) is 4.99 Å². The maximum absolute atomic E-state index is 13.3. The van der Waals surface area contributed by atoms with E-state index >= 15 is 0 Å². The summed E-state index contributed by atoms with van der Waals surface area (Å²) in [5.74, 6) is -0.0886. The first-order chi connectivity index (χ1) is 13.1. The third-order valence-electron chi connectivity index (χ3n) is 4.13. The normalized spacial score (nSPS) is 15.3. The van der Waals surface area contributed by atoms with E-state index in [-0.39, 0.29) is 11.7 Å². The molecule has 132 valence electrons.